The summed E-state index contributed by atoms with van der Waals surface area (Å²) in [6.45, 7) is 7.59. The van der Waals surface area contributed by atoms with Crippen LogP contribution in [-0.4, -0.2) is 24.0 Å². The molecule has 20 heavy (non-hydrogen) atoms. The molecule has 0 unspecified atom stereocenters. The van der Waals surface area contributed by atoms with E-state index in [1.165, 1.54) is 0 Å². The normalized spacial score (nSPS) is 10.7. The topological polar surface area (TPSA) is 44.5 Å². The van der Waals surface area contributed by atoms with Gasteiger partial charge in [0.2, 0.25) is 7.58 Å². The number of fused-ring (bicyclic) bond motifs is 1. The average Bonchev–Trinajstić information content (AvgIpc) is 2.80. The SMILES string of the molecule is CCOP(OCC)SCC.[Au][c]1nc2ccccc2o1. The van der Waals surface area contributed by atoms with Crippen LogP contribution in [0.15, 0.2) is 28.7 Å². The predicted octanol–water partition coefficient (Wildman–Crippen LogP) is 4.04. The van der Waals surface area contributed by atoms with Gasteiger partial charge < -0.3 is 9.05 Å². The number of nitrogens with zero attached hydrogens (tertiary/aromatic N) is 1. The molecule has 0 spiro atoms. The predicted molar refractivity (Wildman–Crippen MR) is 81.9 cm³/mol. The standard InChI is InChI=1S/C7H4NO.C6H15O2PS.Au/c1-2-4-7-6(3-1)8-5-9-7;1-4-7-9(8-5-2)10-6-3;/h1-4H;4-6H2,1-3H3;. The molecule has 0 fully saturated rings. The fourth-order valence-electron chi connectivity index (χ4n) is 1.25. The van der Waals surface area contributed by atoms with Gasteiger partial charge in [-0.2, -0.15) is 0 Å². The average molecular weight is 497 g/mol. The van der Waals surface area contributed by atoms with Gasteiger partial charge in [-0.1, -0.05) is 18.3 Å². The Labute approximate surface area is 137 Å². The van der Waals surface area contributed by atoms with Crippen molar-refractivity contribution >= 4 is 34.2 Å². The van der Waals surface area contributed by atoms with Crippen LogP contribution in [0.3, 0.4) is 0 Å². The monoisotopic (exact) mass is 497 g/mol. The van der Waals surface area contributed by atoms with Gasteiger partial charge in [-0.05, 0) is 19.6 Å². The molecule has 0 atom stereocenters. The maximum atomic E-state index is 5.33. The van der Waals surface area contributed by atoms with Crippen molar-refractivity contribution in [2.75, 3.05) is 19.0 Å². The van der Waals surface area contributed by atoms with Crippen LogP contribution in [0.25, 0.3) is 11.1 Å². The molecule has 0 N–H and O–H groups in total. The van der Waals surface area contributed by atoms with Gasteiger partial charge in [0.1, 0.15) is 0 Å². The van der Waals surface area contributed by atoms with Crippen molar-refractivity contribution in [2.45, 2.75) is 20.8 Å². The van der Waals surface area contributed by atoms with Crippen LogP contribution in [-0.2, 0) is 30.1 Å². The van der Waals surface area contributed by atoms with E-state index in [0.717, 1.165) is 30.1 Å². The van der Waals surface area contributed by atoms with Crippen molar-refractivity contribution in [3.8, 4) is 0 Å². The van der Waals surface area contributed by atoms with Gasteiger partial charge in [0, 0.05) is 0 Å². The van der Waals surface area contributed by atoms with E-state index in [2.05, 4.69) is 33.0 Å². The van der Waals surface area contributed by atoms with Gasteiger partial charge in [-0.3, -0.25) is 0 Å². The Morgan fingerprint density at radius 3 is 2.40 bits per heavy atom. The number of oxazole rings is 1. The minimum atomic E-state index is -0.644. The minimum absolute atomic E-state index is 0.644. The molecule has 0 aliphatic heterocycles. The van der Waals surface area contributed by atoms with Crippen molar-refractivity contribution in [1.29, 1.82) is 0 Å². The number of para-hydroxylation sites is 2. The molecule has 1 aromatic heterocycles. The first-order valence-electron chi connectivity index (χ1n) is 6.37. The Kier molecular flexibility index (Phi) is 9.82. The Balaban J connectivity index is 0.000000200. The summed E-state index contributed by atoms with van der Waals surface area (Å²) in [5.41, 5.74) is 1.76. The van der Waals surface area contributed by atoms with E-state index in [1.54, 1.807) is 11.4 Å². The van der Waals surface area contributed by atoms with Crippen LogP contribution >= 0.6 is 19.0 Å². The van der Waals surface area contributed by atoms with Crippen LogP contribution in [0.4, 0.5) is 0 Å². The molecule has 0 aliphatic rings. The van der Waals surface area contributed by atoms with E-state index in [9.17, 15) is 0 Å². The zero-order valence-corrected chi connectivity index (χ0v) is 15.6. The second-order valence-electron chi connectivity index (χ2n) is 3.38. The Hall–Kier alpha value is 0.130. The second-order valence-corrected chi connectivity index (χ2v) is 7.77. The third kappa shape index (κ3) is 6.72. The van der Waals surface area contributed by atoms with E-state index >= 15 is 0 Å². The van der Waals surface area contributed by atoms with E-state index < -0.39 is 7.58 Å². The number of hydrogen-bond donors (Lipinski definition) is 0. The molecule has 116 valence electrons. The van der Waals surface area contributed by atoms with Crippen molar-refractivity contribution in [3.63, 3.8) is 0 Å². The van der Waals surface area contributed by atoms with Gasteiger partial charge in [0.05, 0.1) is 13.2 Å². The van der Waals surface area contributed by atoms with Crippen LogP contribution in [0.2, 0.25) is 0 Å². The van der Waals surface area contributed by atoms with Gasteiger partial charge in [0.25, 0.3) is 0 Å². The summed E-state index contributed by atoms with van der Waals surface area (Å²) >= 11 is 3.98. The molecule has 0 bridgehead atoms. The number of aromatic nitrogens is 1. The summed E-state index contributed by atoms with van der Waals surface area (Å²) in [7, 11) is -0.644. The summed E-state index contributed by atoms with van der Waals surface area (Å²) in [5.74, 6) is 1.06. The van der Waals surface area contributed by atoms with Crippen molar-refractivity contribution < 1.29 is 34.5 Å². The molecule has 0 radical (unpaired) electrons. The third-order valence-corrected chi connectivity index (χ3v) is 5.86. The van der Waals surface area contributed by atoms with Gasteiger partial charge in [0.15, 0.2) is 0 Å². The number of rotatable bonds is 6. The molecule has 0 saturated carbocycles. The second kappa shape index (κ2) is 10.8. The zero-order chi connectivity index (χ0) is 14.8. The third-order valence-electron chi connectivity index (χ3n) is 1.95. The van der Waals surface area contributed by atoms with E-state index in [4.69, 9.17) is 13.5 Å². The van der Waals surface area contributed by atoms with Gasteiger partial charge in [-0.25, -0.2) is 0 Å². The summed E-state index contributed by atoms with van der Waals surface area (Å²) < 4.78 is 16.6. The first kappa shape index (κ1) is 18.2. The molecule has 0 saturated heterocycles. The Morgan fingerprint density at radius 1 is 1.20 bits per heavy atom. The quantitative estimate of drug-likeness (QED) is 0.446. The van der Waals surface area contributed by atoms with Crippen LogP contribution in [0, 0.1) is 0 Å². The fraction of sp³-hybridized carbons (Fsp3) is 0.462. The molecule has 2 aromatic rings. The Bertz CT molecular complexity index is 450. The zero-order valence-electron chi connectivity index (χ0n) is 11.8. The molecule has 1 aromatic carbocycles. The van der Waals surface area contributed by atoms with Crippen LogP contribution in [0.1, 0.15) is 20.8 Å². The summed E-state index contributed by atoms with van der Waals surface area (Å²) in [6, 6.07) is 7.70. The van der Waals surface area contributed by atoms with Crippen molar-refractivity contribution in [1.82, 2.24) is 4.98 Å². The number of benzene rings is 1. The molecule has 0 aliphatic carbocycles. The molecule has 0 amide bonds. The van der Waals surface area contributed by atoms with Crippen LogP contribution < -0.4 is 4.11 Å². The molecular formula is C13H19AuNO3PS. The number of hydrogen-bond acceptors (Lipinski definition) is 5. The molecule has 2 rings (SSSR count). The van der Waals surface area contributed by atoms with Crippen molar-refractivity contribution in [3.05, 3.63) is 24.3 Å². The summed E-state index contributed by atoms with van der Waals surface area (Å²) in [6.07, 6.45) is 0. The Morgan fingerprint density at radius 2 is 1.85 bits per heavy atom. The van der Waals surface area contributed by atoms with Crippen LogP contribution in [0.5, 0.6) is 0 Å². The van der Waals surface area contributed by atoms with E-state index in [-0.39, 0.29) is 0 Å². The van der Waals surface area contributed by atoms with Gasteiger partial charge >= 0.3 is 69.9 Å². The molecule has 4 nitrogen and oxygen atoms in total. The van der Waals surface area contributed by atoms with E-state index in [1.807, 2.05) is 38.1 Å². The van der Waals surface area contributed by atoms with Gasteiger partial charge in [-0.15, -0.1) is 0 Å². The molecule has 7 heteroatoms. The maximum absolute atomic E-state index is 5.33. The summed E-state index contributed by atoms with van der Waals surface area (Å²) in [4.78, 5) is 4.12. The van der Waals surface area contributed by atoms with Crippen molar-refractivity contribution in [2.24, 2.45) is 0 Å². The fourth-order valence-corrected chi connectivity index (χ4v) is 4.32. The first-order valence-corrected chi connectivity index (χ1v) is 10.2. The molecule has 1 heterocycles. The summed E-state index contributed by atoms with van der Waals surface area (Å²) in [5, 5.41) is 0. The van der Waals surface area contributed by atoms with E-state index in [0.29, 0.717) is 4.11 Å². The molecular weight excluding hydrogens is 478 g/mol. The first-order chi connectivity index (χ1) is 9.71.